The second kappa shape index (κ2) is 13.5. The number of sulfonamides is 1. The highest BCUT2D eigenvalue weighted by molar-refractivity contribution is 7.92. The zero-order chi connectivity index (χ0) is 33.2. The van der Waals surface area contributed by atoms with Crippen molar-refractivity contribution in [1.29, 1.82) is 0 Å². The predicted octanol–water partition coefficient (Wildman–Crippen LogP) is 8.21. The molecule has 1 amide bonds. The van der Waals surface area contributed by atoms with Crippen molar-refractivity contribution in [2.75, 3.05) is 29.5 Å². The Morgan fingerprint density at radius 3 is 2.31 bits per heavy atom. The lowest BCUT2D eigenvalue weighted by Crippen LogP contribution is -2.22. The molecule has 1 heterocycles. The number of amides is 1. The fourth-order valence-corrected chi connectivity index (χ4v) is 6.64. The Hall–Kier alpha value is -3.52. The van der Waals surface area contributed by atoms with Crippen molar-refractivity contribution in [2.45, 2.75) is 45.6 Å². The van der Waals surface area contributed by atoms with E-state index >= 15 is 0 Å². The maximum absolute atomic E-state index is 13.3. The normalized spacial score (nSPS) is 12.4. The van der Waals surface area contributed by atoms with E-state index in [1.165, 1.54) is 30.6 Å². The van der Waals surface area contributed by atoms with Crippen LogP contribution in [0, 0.1) is 0 Å². The number of alkyl halides is 3. The lowest BCUT2D eigenvalue weighted by molar-refractivity contribution is -0.274. The molecule has 0 saturated heterocycles. The lowest BCUT2D eigenvalue weighted by Gasteiger charge is -2.28. The molecule has 0 bridgehead atoms. The van der Waals surface area contributed by atoms with Gasteiger partial charge in [-0.25, -0.2) is 8.42 Å². The van der Waals surface area contributed by atoms with Gasteiger partial charge >= 0.3 is 6.36 Å². The van der Waals surface area contributed by atoms with Crippen molar-refractivity contribution in [1.82, 2.24) is 0 Å². The summed E-state index contributed by atoms with van der Waals surface area (Å²) in [7, 11) is -2.19. The van der Waals surface area contributed by atoms with Crippen LogP contribution in [0.3, 0.4) is 0 Å². The molecule has 242 valence electrons. The zero-order valence-corrected chi connectivity index (χ0v) is 27.4. The average molecular weight is 685 g/mol. The number of benzene rings is 3. The van der Waals surface area contributed by atoms with E-state index in [0.717, 1.165) is 4.70 Å². The van der Waals surface area contributed by atoms with E-state index < -0.39 is 33.5 Å². The molecule has 1 aromatic heterocycles. The van der Waals surface area contributed by atoms with Gasteiger partial charge in [0.2, 0.25) is 10.0 Å². The largest absolute Gasteiger partial charge is 0.573 e. The van der Waals surface area contributed by atoms with Gasteiger partial charge in [0, 0.05) is 39.7 Å². The third-order valence-corrected chi connectivity index (χ3v) is 9.24. The maximum atomic E-state index is 13.3. The minimum absolute atomic E-state index is 0.0508. The van der Waals surface area contributed by atoms with Crippen LogP contribution in [0.15, 0.2) is 60.7 Å². The van der Waals surface area contributed by atoms with E-state index in [-0.39, 0.29) is 24.2 Å². The summed E-state index contributed by atoms with van der Waals surface area (Å²) in [6.45, 7) is 7.19. The lowest BCUT2D eigenvalue weighted by atomic mass is 9.78. The molecule has 0 aliphatic carbocycles. The second-order valence-corrected chi connectivity index (χ2v) is 14.4. The molecule has 8 nitrogen and oxygen atoms in total. The Balaban J connectivity index is 1.60. The number of carbonyl (C=O) groups is 1. The number of anilines is 2. The molecule has 14 heteroatoms. The van der Waals surface area contributed by atoms with E-state index in [2.05, 4.69) is 14.8 Å². The van der Waals surface area contributed by atoms with Gasteiger partial charge in [-0.15, -0.1) is 24.5 Å². The Bertz CT molecular complexity index is 1810. The molecule has 0 spiro atoms. The highest BCUT2D eigenvalue weighted by atomic mass is 35.5. The molecule has 0 radical (unpaired) electrons. The van der Waals surface area contributed by atoms with Crippen molar-refractivity contribution in [2.24, 2.45) is 0 Å². The first-order valence-corrected chi connectivity index (χ1v) is 16.5. The van der Waals surface area contributed by atoms with Crippen molar-refractivity contribution < 1.29 is 40.6 Å². The molecule has 4 aromatic rings. The van der Waals surface area contributed by atoms with Crippen molar-refractivity contribution in [3.05, 3.63) is 81.7 Å². The molecule has 3 aromatic carbocycles. The van der Waals surface area contributed by atoms with Gasteiger partial charge < -0.3 is 19.5 Å². The second-order valence-electron chi connectivity index (χ2n) is 11.0. The van der Waals surface area contributed by atoms with Crippen molar-refractivity contribution in [3.63, 3.8) is 0 Å². The summed E-state index contributed by atoms with van der Waals surface area (Å²) >= 11 is 7.67. The number of methoxy groups -OCH3 is 1. The highest BCUT2D eigenvalue weighted by Crippen LogP contribution is 2.40. The number of rotatable bonds is 12. The van der Waals surface area contributed by atoms with Crippen LogP contribution in [0.5, 0.6) is 11.5 Å². The van der Waals surface area contributed by atoms with E-state index in [1.807, 2.05) is 13.8 Å². The summed E-state index contributed by atoms with van der Waals surface area (Å²) in [5.74, 6) is -0.828. The van der Waals surface area contributed by atoms with E-state index in [0.29, 0.717) is 37.8 Å². The third-order valence-electron chi connectivity index (χ3n) is 6.65. The molecule has 45 heavy (non-hydrogen) atoms. The Morgan fingerprint density at radius 1 is 0.956 bits per heavy atom. The monoisotopic (exact) mass is 684 g/mol. The summed E-state index contributed by atoms with van der Waals surface area (Å²) < 4.78 is 81.8. The summed E-state index contributed by atoms with van der Waals surface area (Å²) in [5.41, 5.74) is 0.927. The number of fused-ring (bicyclic) bond motifs is 1. The number of carbonyl (C=O) groups excluding carboxylic acids is 1. The standard InChI is InChI=1S/C31H32ClF3N2O6S2/c1-18(2)42-25-14-21(15-26(17-25)43-31(33,34)35)30(3,4)20-12-22(32)16-24(13-20)36-29(38)28-11-19-10-23(6-7-27(19)44-28)37-45(39,40)9-8-41-5/h6-7,10-18,37H,8-9H2,1-5H3,(H,36,38). The first-order chi connectivity index (χ1) is 20.9. The molecule has 0 atom stereocenters. The van der Waals surface area contributed by atoms with Crippen LogP contribution in [0.4, 0.5) is 24.5 Å². The van der Waals surface area contributed by atoms with Crippen LogP contribution < -0.4 is 19.5 Å². The SMILES string of the molecule is COCCS(=O)(=O)Nc1ccc2sc(C(=O)Nc3cc(Cl)cc(C(C)(C)c4cc(OC(C)C)cc(OC(F)(F)F)c4)c3)cc2c1. The van der Waals surface area contributed by atoms with E-state index in [1.54, 1.807) is 62.4 Å². The van der Waals surface area contributed by atoms with Crippen molar-refractivity contribution >= 4 is 60.3 Å². The molecule has 0 saturated carbocycles. The summed E-state index contributed by atoms with van der Waals surface area (Å²) in [4.78, 5) is 13.6. The van der Waals surface area contributed by atoms with Gasteiger partial charge in [0.05, 0.1) is 23.3 Å². The van der Waals surface area contributed by atoms with Gasteiger partial charge in [-0.1, -0.05) is 25.4 Å². The van der Waals surface area contributed by atoms with E-state index in [4.69, 9.17) is 21.1 Å². The quantitative estimate of drug-likeness (QED) is 0.156. The Morgan fingerprint density at radius 2 is 1.64 bits per heavy atom. The first-order valence-electron chi connectivity index (χ1n) is 13.7. The van der Waals surface area contributed by atoms with Gasteiger partial charge in [0.15, 0.2) is 0 Å². The molecule has 0 unspecified atom stereocenters. The molecule has 4 rings (SSSR count). The van der Waals surface area contributed by atoms with Crippen molar-refractivity contribution in [3.8, 4) is 11.5 Å². The number of halogens is 4. The maximum Gasteiger partial charge on any atom is 0.573 e. The number of ether oxygens (including phenoxy) is 3. The van der Waals surface area contributed by atoms with Gasteiger partial charge in [-0.05, 0) is 85.0 Å². The summed E-state index contributed by atoms with van der Waals surface area (Å²) in [5, 5.41) is 3.82. The van der Waals surface area contributed by atoms with Gasteiger partial charge in [-0.2, -0.15) is 0 Å². The summed E-state index contributed by atoms with van der Waals surface area (Å²) in [6, 6.07) is 15.7. The van der Waals surface area contributed by atoms with Gasteiger partial charge in [0.1, 0.15) is 11.5 Å². The van der Waals surface area contributed by atoms with Crippen LogP contribution in [0.2, 0.25) is 5.02 Å². The number of thiophene rings is 1. The molecular weight excluding hydrogens is 653 g/mol. The minimum atomic E-state index is -4.89. The molecule has 0 aliphatic rings. The van der Waals surface area contributed by atoms with Crippen LogP contribution >= 0.6 is 22.9 Å². The number of hydrogen-bond acceptors (Lipinski definition) is 7. The minimum Gasteiger partial charge on any atom is -0.491 e. The highest BCUT2D eigenvalue weighted by Gasteiger charge is 2.33. The molecular formula is C31H32ClF3N2O6S2. The fraction of sp³-hybridized carbons (Fsp3) is 0.323. The molecule has 0 aliphatic heterocycles. The van der Waals surface area contributed by atoms with Crippen LogP contribution in [-0.4, -0.2) is 46.3 Å². The van der Waals surface area contributed by atoms with Gasteiger partial charge in [-0.3, -0.25) is 9.52 Å². The first kappa shape index (κ1) is 34.4. The average Bonchev–Trinajstić information content (AvgIpc) is 3.33. The third kappa shape index (κ3) is 9.25. The number of nitrogens with one attached hydrogen (secondary N) is 2. The Kier molecular flexibility index (Phi) is 10.3. The summed E-state index contributed by atoms with van der Waals surface area (Å²) in [6.07, 6.45) is -5.18. The van der Waals surface area contributed by atoms with E-state index in [9.17, 15) is 26.4 Å². The fourth-order valence-electron chi connectivity index (χ4n) is 4.49. The zero-order valence-electron chi connectivity index (χ0n) is 25.0. The van der Waals surface area contributed by atoms with Crippen LogP contribution in [-0.2, 0) is 20.2 Å². The van der Waals surface area contributed by atoms with Crippen LogP contribution in [0.25, 0.3) is 10.1 Å². The Labute approximate surface area is 268 Å². The van der Waals surface area contributed by atoms with Gasteiger partial charge in [0.25, 0.3) is 5.91 Å². The van der Waals surface area contributed by atoms with Crippen LogP contribution in [0.1, 0.15) is 48.5 Å². The number of hydrogen-bond donors (Lipinski definition) is 2. The predicted molar refractivity (Wildman–Crippen MR) is 172 cm³/mol. The topological polar surface area (TPSA) is 103 Å². The smallest absolute Gasteiger partial charge is 0.491 e. The molecule has 2 N–H and O–H groups in total. The molecule has 0 fully saturated rings.